The third-order valence-electron chi connectivity index (χ3n) is 2.74. The number of rotatable bonds is 6. The number of nitro groups is 1. The highest BCUT2D eigenvalue weighted by atomic mass is 16.6. The molecule has 0 aliphatic carbocycles. The maximum absolute atomic E-state index is 10.9. The van der Waals surface area contributed by atoms with Gasteiger partial charge in [-0.2, -0.15) is 0 Å². The fourth-order valence-corrected chi connectivity index (χ4v) is 1.73. The van der Waals surface area contributed by atoms with Gasteiger partial charge in [-0.1, -0.05) is 6.07 Å². The molecule has 8 nitrogen and oxygen atoms in total. The second-order valence-corrected chi connectivity index (χ2v) is 4.69. The minimum atomic E-state index is -1.53. The van der Waals surface area contributed by atoms with E-state index >= 15 is 0 Å². The van der Waals surface area contributed by atoms with Gasteiger partial charge in [-0.15, -0.1) is 0 Å². The average molecular weight is 282 g/mol. The molecule has 0 saturated heterocycles. The number of carboxylic acids is 2. The first-order valence-corrected chi connectivity index (χ1v) is 5.64. The highest BCUT2D eigenvalue weighted by Gasteiger charge is 2.29. The van der Waals surface area contributed by atoms with E-state index in [9.17, 15) is 19.7 Å². The molecule has 0 saturated carbocycles. The lowest BCUT2D eigenvalue weighted by molar-refractivity contribution is -0.385. The van der Waals surface area contributed by atoms with Crippen molar-refractivity contribution >= 4 is 17.6 Å². The summed E-state index contributed by atoms with van der Waals surface area (Å²) >= 11 is 0. The topological polar surface area (TPSA) is 144 Å². The van der Waals surface area contributed by atoms with Gasteiger partial charge in [0, 0.05) is 18.1 Å². The summed E-state index contributed by atoms with van der Waals surface area (Å²) in [6.45, 7) is 1.31. The molecule has 0 heterocycles. The van der Waals surface area contributed by atoms with Gasteiger partial charge in [0.25, 0.3) is 5.69 Å². The van der Waals surface area contributed by atoms with Crippen LogP contribution in [0.25, 0.3) is 0 Å². The molecule has 0 amide bonds. The highest BCUT2D eigenvalue weighted by Crippen LogP contribution is 2.22. The zero-order valence-electron chi connectivity index (χ0n) is 10.7. The second-order valence-electron chi connectivity index (χ2n) is 4.69. The Balaban J connectivity index is 3.15. The van der Waals surface area contributed by atoms with Crippen LogP contribution in [0.3, 0.4) is 0 Å². The van der Waals surface area contributed by atoms with Gasteiger partial charge in [-0.3, -0.25) is 19.7 Å². The van der Waals surface area contributed by atoms with Crippen molar-refractivity contribution in [1.29, 1.82) is 0 Å². The lowest BCUT2D eigenvalue weighted by Crippen LogP contribution is -2.46. The molecule has 0 aromatic heterocycles. The predicted molar refractivity (Wildman–Crippen MR) is 68.4 cm³/mol. The first-order valence-electron chi connectivity index (χ1n) is 5.64. The third-order valence-corrected chi connectivity index (χ3v) is 2.74. The molecule has 0 radical (unpaired) electrons. The predicted octanol–water partition coefficient (Wildman–Crippen LogP) is 0.566. The van der Waals surface area contributed by atoms with Crippen molar-refractivity contribution in [2.24, 2.45) is 5.73 Å². The first kappa shape index (κ1) is 15.6. The summed E-state index contributed by atoms with van der Waals surface area (Å²) in [7, 11) is 0. The molecule has 1 aromatic carbocycles. The van der Waals surface area contributed by atoms with Crippen LogP contribution in [0.5, 0.6) is 0 Å². The standard InChI is InChI=1S/C12H14N2O6/c1-12(13,11(17)18)6-7-2-3-9(14(19)20)8(4-7)5-10(15)16/h2-4H,5-6,13H2,1H3,(H,15,16)(H,17,18)/t12-/m1/s1. The van der Waals surface area contributed by atoms with E-state index in [0.29, 0.717) is 5.56 Å². The summed E-state index contributed by atoms with van der Waals surface area (Å²) in [6, 6.07) is 3.84. The molecule has 0 aliphatic rings. The van der Waals surface area contributed by atoms with Crippen LogP contribution >= 0.6 is 0 Å². The number of nitrogens with zero attached hydrogens (tertiary/aromatic N) is 1. The number of carboxylic acid groups (broad SMARTS) is 2. The highest BCUT2D eigenvalue weighted by molar-refractivity contribution is 5.78. The van der Waals surface area contributed by atoms with E-state index in [-0.39, 0.29) is 17.7 Å². The van der Waals surface area contributed by atoms with E-state index in [2.05, 4.69) is 0 Å². The molecule has 4 N–H and O–H groups in total. The normalized spacial score (nSPS) is 13.5. The minimum absolute atomic E-state index is 0.0150. The number of nitro benzene ring substituents is 1. The van der Waals surface area contributed by atoms with Crippen LogP contribution in [-0.2, 0) is 22.4 Å². The molecule has 0 aliphatic heterocycles. The van der Waals surface area contributed by atoms with E-state index in [4.69, 9.17) is 15.9 Å². The van der Waals surface area contributed by atoms with E-state index in [0.717, 1.165) is 6.07 Å². The number of hydrogen-bond donors (Lipinski definition) is 3. The Morgan fingerprint density at radius 3 is 2.45 bits per heavy atom. The number of nitrogens with two attached hydrogens (primary N) is 1. The lowest BCUT2D eigenvalue weighted by atomic mass is 9.92. The van der Waals surface area contributed by atoms with Crippen molar-refractivity contribution in [3.05, 3.63) is 39.4 Å². The van der Waals surface area contributed by atoms with E-state index < -0.39 is 28.8 Å². The summed E-state index contributed by atoms with van der Waals surface area (Å²) in [5.41, 5.74) is 4.19. The number of aliphatic carboxylic acids is 2. The van der Waals surface area contributed by atoms with Gasteiger partial charge in [-0.25, -0.2) is 0 Å². The number of benzene rings is 1. The largest absolute Gasteiger partial charge is 0.481 e. The van der Waals surface area contributed by atoms with Crippen LogP contribution < -0.4 is 5.73 Å². The fraction of sp³-hybridized carbons (Fsp3) is 0.333. The lowest BCUT2D eigenvalue weighted by Gasteiger charge is -2.19. The molecule has 1 atom stereocenters. The van der Waals surface area contributed by atoms with Crippen molar-refractivity contribution in [3.8, 4) is 0 Å². The Morgan fingerprint density at radius 1 is 1.40 bits per heavy atom. The summed E-state index contributed by atoms with van der Waals surface area (Å²) in [6.07, 6.45) is -0.578. The van der Waals surface area contributed by atoms with Gasteiger partial charge in [0.1, 0.15) is 5.54 Å². The van der Waals surface area contributed by atoms with Gasteiger partial charge < -0.3 is 15.9 Å². The van der Waals surface area contributed by atoms with Gasteiger partial charge in [0.2, 0.25) is 0 Å². The van der Waals surface area contributed by atoms with Gasteiger partial charge in [0.15, 0.2) is 0 Å². The maximum atomic E-state index is 10.9. The quantitative estimate of drug-likeness (QED) is 0.510. The minimum Gasteiger partial charge on any atom is -0.481 e. The maximum Gasteiger partial charge on any atom is 0.323 e. The van der Waals surface area contributed by atoms with Crippen molar-refractivity contribution < 1.29 is 24.7 Å². The monoisotopic (exact) mass is 282 g/mol. The van der Waals surface area contributed by atoms with Gasteiger partial charge in [0.05, 0.1) is 11.3 Å². The SMILES string of the molecule is C[C@@](N)(Cc1ccc([N+](=O)[O-])c(CC(=O)O)c1)C(=O)O. The molecule has 0 bridgehead atoms. The zero-order valence-corrected chi connectivity index (χ0v) is 10.7. The van der Waals surface area contributed by atoms with Crippen LogP contribution in [-0.4, -0.2) is 32.6 Å². The smallest absolute Gasteiger partial charge is 0.323 e. The first-order chi connectivity index (χ1) is 9.13. The van der Waals surface area contributed by atoms with Crippen LogP contribution in [0.4, 0.5) is 5.69 Å². The number of carbonyl (C=O) groups is 2. The molecule has 108 valence electrons. The van der Waals surface area contributed by atoms with Crippen LogP contribution in [0.1, 0.15) is 18.1 Å². The molecule has 0 unspecified atom stereocenters. The van der Waals surface area contributed by atoms with E-state index in [1.807, 2.05) is 0 Å². The molecule has 0 spiro atoms. The molecule has 1 rings (SSSR count). The van der Waals surface area contributed by atoms with Crippen LogP contribution in [0, 0.1) is 10.1 Å². The zero-order chi connectivity index (χ0) is 15.5. The molecule has 20 heavy (non-hydrogen) atoms. The third kappa shape index (κ3) is 3.75. The van der Waals surface area contributed by atoms with Crippen molar-refractivity contribution in [3.63, 3.8) is 0 Å². The van der Waals surface area contributed by atoms with Crippen LogP contribution in [0.15, 0.2) is 18.2 Å². The Labute approximate surface area is 114 Å². The van der Waals surface area contributed by atoms with Gasteiger partial charge in [-0.05, 0) is 18.6 Å². The molecule has 8 heteroatoms. The average Bonchev–Trinajstić information content (AvgIpc) is 2.26. The van der Waals surface area contributed by atoms with E-state index in [1.54, 1.807) is 0 Å². The Morgan fingerprint density at radius 2 is 2.00 bits per heavy atom. The number of hydrogen-bond acceptors (Lipinski definition) is 5. The van der Waals surface area contributed by atoms with Crippen molar-refractivity contribution in [1.82, 2.24) is 0 Å². The fourth-order valence-electron chi connectivity index (χ4n) is 1.73. The molecule has 0 fully saturated rings. The van der Waals surface area contributed by atoms with Crippen molar-refractivity contribution in [2.45, 2.75) is 25.3 Å². The molecular formula is C12H14N2O6. The summed E-state index contributed by atoms with van der Waals surface area (Å²) in [5, 5.41) is 28.5. The molecular weight excluding hydrogens is 268 g/mol. The second kappa shape index (κ2) is 5.66. The summed E-state index contributed by atoms with van der Waals surface area (Å²) in [4.78, 5) is 31.8. The van der Waals surface area contributed by atoms with E-state index in [1.165, 1.54) is 19.1 Å². The van der Waals surface area contributed by atoms with Gasteiger partial charge >= 0.3 is 11.9 Å². The Hall–Kier alpha value is -2.48. The summed E-state index contributed by atoms with van der Waals surface area (Å²) in [5.74, 6) is -2.42. The Bertz CT molecular complexity index is 567. The summed E-state index contributed by atoms with van der Waals surface area (Å²) < 4.78 is 0. The molecule has 1 aromatic rings. The Kier molecular flexibility index (Phi) is 4.41. The van der Waals surface area contributed by atoms with Crippen molar-refractivity contribution in [2.75, 3.05) is 0 Å². The van der Waals surface area contributed by atoms with Crippen LogP contribution in [0.2, 0.25) is 0 Å².